The number of alkyl carbamates (subject to hydrolysis) is 1. The number of carbonyl (C=O) groups excluding carboxylic acids is 2. The van der Waals surface area contributed by atoms with Gasteiger partial charge in [-0.3, -0.25) is 4.79 Å². The highest BCUT2D eigenvalue weighted by Crippen LogP contribution is 2.44. The SMILES string of the molecule is CC(C)[C@@H](NC(=O)OCC1c2ccccc2-c2ccccc21)C(=O)NC(C(=O)O)c1cccs1. The number of nitrogens with one attached hydrogen (secondary N) is 2. The van der Waals surface area contributed by atoms with E-state index >= 15 is 0 Å². The lowest BCUT2D eigenvalue weighted by Crippen LogP contribution is -2.51. The van der Waals surface area contributed by atoms with Gasteiger partial charge in [0, 0.05) is 10.8 Å². The molecule has 1 aliphatic rings. The molecule has 1 aromatic heterocycles. The Bertz CT molecular complexity index is 1150. The van der Waals surface area contributed by atoms with Gasteiger partial charge in [-0.25, -0.2) is 9.59 Å². The number of ether oxygens (including phenoxy) is 1. The van der Waals surface area contributed by atoms with E-state index in [0.29, 0.717) is 4.88 Å². The first-order valence-corrected chi connectivity index (χ1v) is 11.9. The average molecular weight is 479 g/mol. The second-order valence-corrected chi connectivity index (χ2v) is 9.47. The molecule has 0 saturated carbocycles. The van der Waals surface area contributed by atoms with Crippen molar-refractivity contribution in [2.45, 2.75) is 31.8 Å². The second kappa shape index (κ2) is 10.1. The number of carboxylic acid groups (broad SMARTS) is 1. The number of carboxylic acids is 1. The normalized spacial score (nSPS) is 14.1. The number of amides is 2. The summed E-state index contributed by atoms with van der Waals surface area (Å²) in [6, 6.07) is 17.3. The lowest BCUT2D eigenvalue weighted by Gasteiger charge is -2.24. The molecule has 0 spiro atoms. The fourth-order valence-corrected chi connectivity index (χ4v) is 5.01. The summed E-state index contributed by atoms with van der Waals surface area (Å²) in [4.78, 5) is 37.7. The number of hydrogen-bond donors (Lipinski definition) is 3. The number of thiophene rings is 1. The van der Waals surface area contributed by atoms with Gasteiger partial charge >= 0.3 is 12.1 Å². The zero-order valence-corrected chi connectivity index (χ0v) is 19.7. The standard InChI is InChI=1S/C26H26N2O5S/c1-15(2)22(24(29)27-23(25(30)31)21-12-7-13-34-21)28-26(32)33-14-20-18-10-5-3-8-16(18)17-9-4-6-11-19(17)20/h3-13,15,20,22-23H,14H2,1-2H3,(H,27,29)(H,28,32)(H,30,31)/t22-,23?/m1/s1. The summed E-state index contributed by atoms with van der Waals surface area (Å²) in [5, 5.41) is 16.4. The summed E-state index contributed by atoms with van der Waals surface area (Å²) in [6.45, 7) is 3.67. The van der Waals surface area contributed by atoms with Crippen LogP contribution in [-0.4, -0.2) is 35.7 Å². The number of hydrogen-bond acceptors (Lipinski definition) is 5. The molecule has 4 rings (SSSR count). The summed E-state index contributed by atoms with van der Waals surface area (Å²) in [5.41, 5.74) is 4.43. The summed E-state index contributed by atoms with van der Waals surface area (Å²) < 4.78 is 5.55. The van der Waals surface area contributed by atoms with Gasteiger partial charge in [0.05, 0.1) is 0 Å². The summed E-state index contributed by atoms with van der Waals surface area (Å²) in [5.74, 6) is -2.12. The lowest BCUT2D eigenvalue weighted by molar-refractivity contribution is -0.142. The molecule has 3 aromatic rings. The predicted molar refractivity (Wildman–Crippen MR) is 130 cm³/mol. The molecule has 7 nitrogen and oxygen atoms in total. The van der Waals surface area contributed by atoms with Crippen LogP contribution in [0.3, 0.4) is 0 Å². The van der Waals surface area contributed by atoms with Crippen molar-refractivity contribution >= 4 is 29.3 Å². The monoisotopic (exact) mass is 478 g/mol. The van der Waals surface area contributed by atoms with Gasteiger partial charge in [0.25, 0.3) is 0 Å². The van der Waals surface area contributed by atoms with Crippen molar-refractivity contribution in [3.05, 3.63) is 82.0 Å². The van der Waals surface area contributed by atoms with Crippen molar-refractivity contribution < 1.29 is 24.2 Å². The molecule has 0 fully saturated rings. The minimum Gasteiger partial charge on any atom is -0.479 e. The minimum atomic E-state index is -1.18. The topological polar surface area (TPSA) is 105 Å². The number of benzene rings is 2. The number of fused-ring (bicyclic) bond motifs is 3. The molecule has 2 amide bonds. The van der Waals surface area contributed by atoms with Gasteiger partial charge in [0.2, 0.25) is 5.91 Å². The van der Waals surface area contributed by atoms with E-state index in [0.717, 1.165) is 22.3 Å². The third kappa shape index (κ3) is 4.82. The van der Waals surface area contributed by atoms with E-state index in [1.54, 1.807) is 31.4 Å². The Morgan fingerprint density at radius 1 is 0.941 bits per heavy atom. The van der Waals surface area contributed by atoms with Crippen LogP contribution in [0.15, 0.2) is 66.0 Å². The molecule has 176 valence electrons. The van der Waals surface area contributed by atoms with Crippen molar-refractivity contribution in [2.24, 2.45) is 5.92 Å². The molecule has 1 unspecified atom stereocenters. The zero-order chi connectivity index (χ0) is 24.2. The maximum atomic E-state index is 12.9. The summed E-state index contributed by atoms with van der Waals surface area (Å²) in [7, 11) is 0. The van der Waals surface area contributed by atoms with E-state index in [4.69, 9.17) is 4.74 Å². The minimum absolute atomic E-state index is 0.0975. The molecule has 3 N–H and O–H groups in total. The van der Waals surface area contributed by atoms with E-state index in [1.165, 1.54) is 11.3 Å². The van der Waals surface area contributed by atoms with Crippen LogP contribution in [0.4, 0.5) is 4.79 Å². The van der Waals surface area contributed by atoms with E-state index in [9.17, 15) is 19.5 Å². The van der Waals surface area contributed by atoms with Gasteiger partial charge in [-0.15, -0.1) is 11.3 Å². The van der Waals surface area contributed by atoms with Crippen LogP contribution < -0.4 is 10.6 Å². The molecule has 2 atom stereocenters. The van der Waals surface area contributed by atoms with Gasteiger partial charge in [-0.2, -0.15) is 0 Å². The van der Waals surface area contributed by atoms with Gasteiger partial charge < -0.3 is 20.5 Å². The summed E-state index contributed by atoms with van der Waals surface area (Å²) >= 11 is 1.24. The van der Waals surface area contributed by atoms with Crippen LogP contribution in [0.1, 0.15) is 41.8 Å². The fraction of sp³-hybridized carbons (Fsp3) is 0.269. The molecule has 1 aliphatic carbocycles. The molecule has 1 heterocycles. The highest BCUT2D eigenvalue weighted by molar-refractivity contribution is 7.10. The first kappa shape index (κ1) is 23.5. The van der Waals surface area contributed by atoms with E-state index in [-0.39, 0.29) is 18.4 Å². The predicted octanol–water partition coefficient (Wildman–Crippen LogP) is 4.55. The van der Waals surface area contributed by atoms with Crippen molar-refractivity contribution in [3.8, 4) is 11.1 Å². The largest absolute Gasteiger partial charge is 0.479 e. The van der Waals surface area contributed by atoms with Crippen LogP contribution in [0.25, 0.3) is 11.1 Å². The molecular formula is C26H26N2O5S. The molecule has 2 aromatic carbocycles. The van der Waals surface area contributed by atoms with E-state index in [2.05, 4.69) is 22.8 Å². The van der Waals surface area contributed by atoms with Gasteiger partial charge in [-0.05, 0) is 39.6 Å². The number of aliphatic carboxylic acids is 1. The lowest BCUT2D eigenvalue weighted by atomic mass is 9.98. The average Bonchev–Trinajstić information content (AvgIpc) is 3.46. The third-order valence-electron chi connectivity index (χ3n) is 5.93. The number of carbonyl (C=O) groups is 3. The summed E-state index contributed by atoms with van der Waals surface area (Å²) in [6.07, 6.45) is -0.723. The highest BCUT2D eigenvalue weighted by Gasteiger charge is 2.32. The van der Waals surface area contributed by atoms with Crippen molar-refractivity contribution in [1.29, 1.82) is 0 Å². The number of rotatable bonds is 8. The quantitative estimate of drug-likeness (QED) is 0.440. The Morgan fingerprint density at radius 2 is 1.56 bits per heavy atom. The molecule has 0 radical (unpaired) electrons. The van der Waals surface area contributed by atoms with Crippen molar-refractivity contribution in [1.82, 2.24) is 10.6 Å². The second-order valence-electron chi connectivity index (χ2n) is 8.49. The Balaban J connectivity index is 1.42. The van der Waals surface area contributed by atoms with E-state index in [1.807, 2.05) is 36.4 Å². The molecular weight excluding hydrogens is 452 g/mol. The van der Waals surface area contributed by atoms with Crippen LogP contribution in [0, 0.1) is 5.92 Å². The van der Waals surface area contributed by atoms with Crippen molar-refractivity contribution in [2.75, 3.05) is 6.61 Å². The molecule has 0 bridgehead atoms. The maximum absolute atomic E-state index is 12.9. The molecule has 8 heteroatoms. The first-order valence-electron chi connectivity index (χ1n) is 11.0. The Hall–Kier alpha value is -3.65. The van der Waals surface area contributed by atoms with Gasteiger partial charge in [0.1, 0.15) is 12.6 Å². The first-order chi connectivity index (χ1) is 16.4. The molecule has 0 aliphatic heterocycles. The van der Waals surface area contributed by atoms with E-state index < -0.39 is 30.1 Å². The maximum Gasteiger partial charge on any atom is 0.407 e. The Kier molecular flexibility index (Phi) is 6.98. The van der Waals surface area contributed by atoms with Gasteiger partial charge in [0.15, 0.2) is 6.04 Å². The highest BCUT2D eigenvalue weighted by atomic mass is 32.1. The Morgan fingerprint density at radius 3 is 2.09 bits per heavy atom. The van der Waals surface area contributed by atoms with Crippen LogP contribution in [0.2, 0.25) is 0 Å². The van der Waals surface area contributed by atoms with Gasteiger partial charge in [-0.1, -0.05) is 68.4 Å². The van der Waals surface area contributed by atoms with Crippen molar-refractivity contribution in [3.63, 3.8) is 0 Å². The van der Waals surface area contributed by atoms with Crippen LogP contribution in [-0.2, 0) is 14.3 Å². The van der Waals surface area contributed by atoms with Crippen LogP contribution >= 0.6 is 11.3 Å². The zero-order valence-electron chi connectivity index (χ0n) is 18.9. The fourth-order valence-electron chi connectivity index (χ4n) is 4.24. The Labute approximate surface area is 201 Å². The molecule has 0 saturated heterocycles. The smallest absolute Gasteiger partial charge is 0.407 e. The third-order valence-corrected chi connectivity index (χ3v) is 6.86. The molecule has 34 heavy (non-hydrogen) atoms. The van der Waals surface area contributed by atoms with Crippen LogP contribution in [0.5, 0.6) is 0 Å².